The summed E-state index contributed by atoms with van der Waals surface area (Å²) in [4.78, 5) is 17.4. The molecule has 1 saturated heterocycles. The standard InChI is InChI=1S/C27H28BrFN4O2S/c1-18-15-20(28)16-23(25(18)35-2)26(34)31-27(36)30-21-7-9-22(10-8-21)33-13-11-32(12-14-33)17-19-5-3-4-6-24(19)29/h3-10,15-16H,11-14,17H2,1-2H3,(H2,30,31,34,36). The van der Waals surface area contributed by atoms with Crippen molar-refractivity contribution in [3.8, 4) is 5.75 Å². The lowest BCUT2D eigenvalue weighted by Gasteiger charge is -2.36. The quantitative estimate of drug-likeness (QED) is 0.389. The Balaban J connectivity index is 1.30. The van der Waals surface area contributed by atoms with E-state index in [-0.39, 0.29) is 16.8 Å². The summed E-state index contributed by atoms with van der Waals surface area (Å²) >= 11 is 8.77. The zero-order chi connectivity index (χ0) is 25.7. The fourth-order valence-electron chi connectivity index (χ4n) is 4.29. The summed E-state index contributed by atoms with van der Waals surface area (Å²) in [5, 5.41) is 5.99. The largest absolute Gasteiger partial charge is 0.496 e. The minimum Gasteiger partial charge on any atom is -0.496 e. The van der Waals surface area contributed by atoms with Crippen molar-refractivity contribution in [2.45, 2.75) is 13.5 Å². The summed E-state index contributed by atoms with van der Waals surface area (Å²) in [6, 6.07) is 18.5. The summed E-state index contributed by atoms with van der Waals surface area (Å²) in [6.07, 6.45) is 0. The van der Waals surface area contributed by atoms with E-state index in [2.05, 4.69) is 36.4 Å². The van der Waals surface area contributed by atoms with Gasteiger partial charge in [0.1, 0.15) is 11.6 Å². The first-order chi connectivity index (χ1) is 17.3. The van der Waals surface area contributed by atoms with Crippen LogP contribution in [-0.2, 0) is 6.54 Å². The zero-order valence-corrected chi connectivity index (χ0v) is 22.6. The van der Waals surface area contributed by atoms with E-state index in [1.807, 2.05) is 49.4 Å². The van der Waals surface area contributed by atoms with Gasteiger partial charge in [0.15, 0.2) is 5.11 Å². The van der Waals surface area contributed by atoms with Crippen LogP contribution in [0.3, 0.4) is 0 Å². The minimum atomic E-state index is -0.348. The van der Waals surface area contributed by atoms with Gasteiger partial charge in [0.2, 0.25) is 0 Å². The van der Waals surface area contributed by atoms with Crippen LogP contribution in [0.25, 0.3) is 0 Å². The van der Waals surface area contributed by atoms with Crippen molar-refractivity contribution in [1.29, 1.82) is 0 Å². The first-order valence-electron chi connectivity index (χ1n) is 11.6. The number of thiocarbonyl (C=S) groups is 1. The number of piperazine rings is 1. The van der Waals surface area contributed by atoms with Crippen LogP contribution in [0.4, 0.5) is 15.8 Å². The number of anilines is 2. The third-order valence-corrected chi connectivity index (χ3v) is 6.79. The number of aryl methyl sites for hydroxylation is 1. The van der Waals surface area contributed by atoms with Gasteiger partial charge >= 0.3 is 0 Å². The summed E-state index contributed by atoms with van der Waals surface area (Å²) in [7, 11) is 1.54. The topological polar surface area (TPSA) is 56.8 Å². The van der Waals surface area contributed by atoms with E-state index in [1.54, 1.807) is 12.1 Å². The molecule has 9 heteroatoms. The smallest absolute Gasteiger partial charge is 0.261 e. The number of rotatable bonds is 6. The molecule has 4 rings (SSSR count). The van der Waals surface area contributed by atoms with Gasteiger partial charge in [-0.25, -0.2) is 4.39 Å². The van der Waals surface area contributed by atoms with Gasteiger partial charge in [0.05, 0.1) is 12.7 Å². The van der Waals surface area contributed by atoms with Crippen LogP contribution in [0.5, 0.6) is 5.75 Å². The van der Waals surface area contributed by atoms with Gasteiger partial charge in [-0.3, -0.25) is 15.0 Å². The van der Waals surface area contributed by atoms with E-state index in [9.17, 15) is 9.18 Å². The SMILES string of the molecule is COc1c(C)cc(Br)cc1C(=O)NC(=S)Nc1ccc(N2CCN(Cc3ccccc3F)CC2)cc1. The highest BCUT2D eigenvalue weighted by molar-refractivity contribution is 9.10. The fourth-order valence-corrected chi connectivity index (χ4v) is 5.07. The number of methoxy groups -OCH3 is 1. The molecule has 1 aliphatic rings. The molecule has 1 aliphatic heterocycles. The summed E-state index contributed by atoms with van der Waals surface area (Å²) in [5.74, 6) is 0.0125. The first kappa shape index (κ1) is 26.1. The molecular weight excluding hydrogens is 543 g/mol. The van der Waals surface area contributed by atoms with Crippen molar-refractivity contribution in [3.05, 3.63) is 87.6 Å². The van der Waals surface area contributed by atoms with Gasteiger partial charge in [-0.2, -0.15) is 0 Å². The highest BCUT2D eigenvalue weighted by atomic mass is 79.9. The molecule has 36 heavy (non-hydrogen) atoms. The second kappa shape index (κ2) is 11.8. The maximum Gasteiger partial charge on any atom is 0.261 e. The number of hydrogen-bond acceptors (Lipinski definition) is 5. The lowest BCUT2D eigenvalue weighted by atomic mass is 10.1. The monoisotopic (exact) mass is 570 g/mol. The number of carbonyl (C=O) groups excluding carboxylic acids is 1. The Kier molecular flexibility index (Phi) is 8.56. The molecule has 0 bridgehead atoms. The van der Waals surface area contributed by atoms with Crippen molar-refractivity contribution < 1.29 is 13.9 Å². The number of ether oxygens (including phenoxy) is 1. The molecule has 0 aliphatic carbocycles. The van der Waals surface area contributed by atoms with Gasteiger partial charge in [-0.1, -0.05) is 34.1 Å². The number of nitrogens with one attached hydrogen (secondary N) is 2. The molecule has 0 saturated carbocycles. The second-order valence-corrected chi connectivity index (χ2v) is 9.94. The Bertz CT molecular complexity index is 1250. The zero-order valence-electron chi connectivity index (χ0n) is 20.2. The Morgan fingerprint density at radius 1 is 1.08 bits per heavy atom. The molecular formula is C27H28BrFN4O2S. The predicted octanol–water partition coefficient (Wildman–Crippen LogP) is 5.35. The summed E-state index contributed by atoms with van der Waals surface area (Å²) < 4.78 is 20.1. The molecule has 0 aromatic heterocycles. The highest BCUT2D eigenvalue weighted by Gasteiger charge is 2.19. The van der Waals surface area contributed by atoms with Crippen LogP contribution in [0.2, 0.25) is 0 Å². The average Bonchev–Trinajstić information content (AvgIpc) is 2.86. The van der Waals surface area contributed by atoms with Crippen molar-refractivity contribution >= 4 is 50.5 Å². The maximum absolute atomic E-state index is 14.0. The number of nitrogens with zero attached hydrogens (tertiary/aromatic N) is 2. The van der Waals surface area contributed by atoms with Crippen LogP contribution in [-0.4, -0.2) is 49.2 Å². The molecule has 0 spiro atoms. The van der Waals surface area contributed by atoms with Gasteiger partial charge in [-0.15, -0.1) is 0 Å². The number of hydrogen-bond donors (Lipinski definition) is 2. The Morgan fingerprint density at radius 2 is 1.78 bits per heavy atom. The molecule has 1 fully saturated rings. The third kappa shape index (κ3) is 6.40. The Labute approximate surface area is 224 Å². The van der Waals surface area contributed by atoms with E-state index in [0.29, 0.717) is 17.9 Å². The number of benzene rings is 3. The molecule has 3 aromatic rings. The summed E-state index contributed by atoms with van der Waals surface area (Å²) in [6.45, 7) is 5.96. The molecule has 2 N–H and O–H groups in total. The van der Waals surface area contributed by atoms with E-state index in [4.69, 9.17) is 17.0 Å². The van der Waals surface area contributed by atoms with Crippen LogP contribution in [0, 0.1) is 12.7 Å². The first-order valence-corrected chi connectivity index (χ1v) is 12.8. The normalized spacial score (nSPS) is 13.8. The van der Waals surface area contributed by atoms with Gasteiger partial charge in [0.25, 0.3) is 5.91 Å². The van der Waals surface area contributed by atoms with E-state index in [1.165, 1.54) is 13.2 Å². The van der Waals surface area contributed by atoms with Crippen LogP contribution in [0.1, 0.15) is 21.5 Å². The van der Waals surface area contributed by atoms with E-state index < -0.39 is 0 Å². The van der Waals surface area contributed by atoms with Crippen LogP contribution in [0.15, 0.2) is 65.1 Å². The predicted molar refractivity (Wildman–Crippen MR) is 149 cm³/mol. The molecule has 0 radical (unpaired) electrons. The average molecular weight is 572 g/mol. The molecule has 1 heterocycles. The fraction of sp³-hybridized carbons (Fsp3) is 0.259. The number of amides is 1. The van der Waals surface area contributed by atoms with Crippen molar-refractivity contribution in [2.75, 3.05) is 43.5 Å². The molecule has 6 nitrogen and oxygen atoms in total. The lowest BCUT2D eigenvalue weighted by molar-refractivity contribution is 0.0974. The van der Waals surface area contributed by atoms with Gasteiger partial charge in [0, 0.05) is 54.1 Å². The third-order valence-electron chi connectivity index (χ3n) is 6.13. The number of halogens is 2. The van der Waals surface area contributed by atoms with Gasteiger partial charge < -0.3 is 15.0 Å². The molecule has 3 aromatic carbocycles. The molecule has 0 atom stereocenters. The number of carbonyl (C=O) groups is 1. The molecule has 0 unspecified atom stereocenters. The Hall–Kier alpha value is -3.01. The molecule has 188 valence electrons. The lowest BCUT2D eigenvalue weighted by Crippen LogP contribution is -2.46. The second-order valence-electron chi connectivity index (χ2n) is 8.61. The highest BCUT2D eigenvalue weighted by Crippen LogP contribution is 2.28. The van der Waals surface area contributed by atoms with Crippen LogP contribution < -0.4 is 20.3 Å². The van der Waals surface area contributed by atoms with Crippen molar-refractivity contribution in [1.82, 2.24) is 10.2 Å². The molecule has 1 amide bonds. The van der Waals surface area contributed by atoms with Crippen molar-refractivity contribution in [3.63, 3.8) is 0 Å². The van der Waals surface area contributed by atoms with E-state index >= 15 is 0 Å². The van der Waals surface area contributed by atoms with E-state index in [0.717, 1.165) is 53.2 Å². The summed E-state index contributed by atoms with van der Waals surface area (Å²) in [5.41, 5.74) is 3.87. The maximum atomic E-state index is 14.0. The minimum absolute atomic E-state index is 0.150. The van der Waals surface area contributed by atoms with Gasteiger partial charge in [-0.05, 0) is 67.2 Å². The van der Waals surface area contributed by atoms with Crippen molar-refractivity contribution in [2.24, 2.45) is 0 Å². The Morgan fingerprint density at radius 3 is 2.44 bits per heavy atom. The van der Waals surface area contributed by atoms with Crippen LogP contribution >= 0.6 is 28.1 Å².